The first-order valence-corrected chi connectivity index (χ1v) is 6.49. The maximum Gasteiger partial charge on any atom is 0.238 e. The van der Waals surface area contributed by atoms with Crippen LogP contribution in [-0.2, 0) is 4.79 Å². The molecule has 0 fully saturated rings. The quantitative estimate of drug-likeness (QED) is 0.799. The van der Waals surface area contributed by atoms with Crippen LogP contribution in [0.15, 0.2) is 36.4 Å². The lowest BCUT2D eigenvalue weighted by Gasteiger charge is -2.19. The van der Waals surface area contributed by atoms with E-state index >= 15 is 0 Å². The highest BCUT2D eigenvalue weighted by Gasteiger charge is 2.11. The fourth-order valence-electron chi connectivity index (χ4n) is 2.12. The smallest absolute Gasteiger partial charge is 0.238 e. The van der Waals surface area contributed by atoms with Crippen LogP contribution in [0, 0.1) is 6.92 Å². The lowest BCUT2D eigenvalue weighted by molar-refractivity contribution is -0.115. The third kappa shape index (κ3) is 3.70. The van der Waals surface area contributed by atoms with Crippen molar-refractivity contribution in [1.82, 2.24) is 5.32 Å². The van der Waals surface area contributed by atoms with Crippen molar-refractivity contribution in [3.8, 4) is 0 Å². The third-order valence-electron chi connectivity index (χ3n) is 3.24. The van der Waals surface area contributed by atoms with E-state index in [1.165, 1.54) is 0 Å². The van der Waals surface area contributed by atoms with Gasteiger partial charge < -0.3 is 10.6 Å². The lowest BCUT2D eigenvalue weighted by atomic mass is 10.0. The minimum absolute atomic E-state index is 0.0267. The summed E-state index contributed by atoms with van der Waals surface area (Å²) in [6.45, 7) is 2.38. The van der Waals surface area contributed by atoms with E-state index in [2.05, 4.69) is 22.8 Å². The predicted molar refractivity (Wildman–Crippen MR) is 74.6 cm³/mol. The van der Waals surface area contributed by atoms with E-state index in [4.69, 9.17) is 0 Å². The highest BCUT2D eigenvalue weighted by atomic mass is 16.1. The fraction of sp³-hybridized carbons (Fsp3) is 0.400. The molecule has 1 aliphatic carbocycles. The number of hydrogen-bond acceptors (Lipinski definition) is 2. The van der Waals surface area contributed by atoms with E-state index in [0.29, 0.717) is 12.6 Å². The van der Waals surface area contributed by atoms with Crippen molar-refractivity contribution in [1.29, 1.82) is 0 Å². The summed E-state index contributed by atoms with van der Waals surface area (Å²) in [6, 6.07) is 8.27. The summed E-state index contributed by atoms with van der Waals surface area (Å²) >= 11 is 0. The molecule has 0 radical (unpaired) electrons. The number of hydrogen-bond donors (Lipinski definition) is 2. The Bertz CT molecular complexity index is 440. The zero-order valence-electron chi connectivity index (χ0n) is 10.8. The average Bonchev–Trinajstić information content (AvgIpc) is 2.40. The van der Waals surface area contributed by atoms with Gasteiger partial charge >= 0.3 is 0 Å². The molecule has 2 rings (SSSR count). The SMILES string of the molecule is Cc1ccccc1NC(=O)CNC1CC=CCC1. The fourth-order valence-corrected chi connectivity index (χ4v) is 2.12. The van der Waals surface area contributed by atoms with Crippen LogP contribution in [0.25, 0.3) is 0 Å². The summed E-state index contributed by atoms with van der Waals surface area (Å²) in [5.41, 5.74) is 1.99. The van der Waals surface area contributed by atoms with Gasteiger partial charge in [0, 0.05) is 11.7 Å². The maximum absolute atomic E-state index is 11.8. The molecule has 96 valence electrons. The van der Waals surface area contributed by atoms with E-state index in [-0.39, 0.29) is 5.91 Å². The molecule has 1 atom stereocenters. The summed E-state index contributed by atoms with van der Waals surface area (Å²) in [7, 11) is 0. The van der Waals surface area contributed by atoms with Gasteiger partial charge in [-0.15, -0.1) is 0 Å². The van der Waals surface area contributed by atoms with E-state index in [1.54, 1.807) is 0 Å². The van der Waals surface area contributed by atoms with E-state index < -0.39 is 0 Å². The van der Waals surface area contributed by atoms with Crippen LogP contribution in [0.5, 0.6) is 0 Å². The number of anilines is 1. The Morgan fingerprint density at radius 1 is 1.33 bits per heavy atom. The maximum atomic E-state index is 11.8. The van der Waals surface area contributed by atoms with Crippen LogP contribution in [0.2, 0.25) is 0 Å². The van der Waals surface area contributed by atoms with Gasteiger partial charge in [-0.1, -0.05) is 30.4 Å². The molecule has 0 aromatic heterocycles. The molecule has 3 nitrogen and oxygen atoms in total. The molecule has 18 heavy (non-hydrogen) atoms. The molecule has 0 spiro atoms. The highest BCUT2D eigenvalue weighted by molar-refractivity contribution is 5.92. The summed E-state index contributed by atoms with van der Waals surface area (Å²) in [4.78, 5) is 11.8. The Hall–Kier alpha value is -1.61. The predicted octanol–water partition coefficient (Wildman–Crippen LogP) is 2.63. The third-order valence-corrected chi connectivity index (χ3v) is 3.24. The molecule has 1 aromatic rings. The minimum Gasteiger partial charge on any atom is -0.325 e. The van der Waals surface area contributed by atoms with Gasteiger partial charge in [-0.25, -0.2) is 0 Å². The first-order chi connectivity index (χ1) is 8.75. The second kappa shape index (κ2) is 6.36. The number of rotatable bonds is 4. The van der Waals surface area contributed by atoms with Gasteiger partial charge in [0.15, 0.2) is 0 Å². The molecule has 2 N–H and O–H groups in total. The van der Waals surface area contributed by atoms with Crippen molar-refractivity contribution >= 4 is 11.6 Å². The zero-order valence-corrected chi connectivity index (χ0v) is 10.8. The molecular formula is C15H20N2O. The Morgan fingerprint density at radius 2 is 2.17 bits per heavy atom. The van der Waals surface area contributed by atoms with Crippen LogP contribution < -0.4 is 10.6 Å². The zero-order chi connectivity index (χ0) is 12.8. The second-order valence-corrected chi connectivity index (χ2v) is 4.73. The first-order valence-electron chi connectivity index (χ1n) is 6.49. The summed E-state index contributed by atoms with van der Waals surface area (Å²) in [5, 5.41) is 6.23. The van der Waals surface area contributed by atoms with Gasteiger partial charge in [0.2, 0.25) is 5.91 Å². The summed E-state index contributed by atoms with van der Waals surface area (Å²) in [6.07, 6.45) is 7.63. The summed E-state index contributed by atoms with van der Waals surface area (Å²) in [5.74, 6) is 0.0267. The molecular weight excluding hydrogens is 224 g/mol. The Balaban J connectivity index is 1.78. The number of para-hydroxylation sites is 1. The number of aryl methyl sites for hydroxylation is 1. The molecule has 0 heterocycles. The van der Waals surface area contributed by atoms with Crippen molar-refractivity contribution in [3.63, 3.8) is 0 Å². The molecule has 1 aromatic carbocycles. The van der Waals surface area contributed by atoms with Crippen molar-refractivity contribution in [3.05, 3.63) is 42.0 Å². The number of benzene rings is 1. The number of nitrogens with one attached hydrogen (secondary N) is 2. The van der Waals surface area contributed by atoms with Gasteiger partial charge in [-0.3, -0.25) is 4.79 Å². The largest absolute Gasteiger partial charge is 0.325 e. The van der Waals surface area contributed by atoms with Crippen LogP contribution in [-0.4, -0.2) is 18.5 Å². The molecule has 0 aliphatic heterocycles. The van der Waals surface area contributed by atoms with Crippen LogP contribution >= 0.6 is 0 Å². The Kier molecular flexibility index (Phi) is 4.53. The van der Waals surface area contributed by atoms with Gasteiger partial charge in [-0.2, -0.15) is 0 Å². The standard InChI is InChI=1S/C15H20N2O/c1-12-7-5-6-10-14(12)17-15(18)11-16-13-8-3-2-4-9-13/h2-3,5-7,10,13,16H,4,8-9,11H2,1H3,(H,17,18). The molecule has 0 saturated heterocycles. The Labute approximate surface area is 108 Å². The van der Waals surface area contributed by atoms with Gasteiger partial charge in [-0.05, 0) is 37.8 Å². The van der Waals surface area contributed by atoms with Crippen molar-refractivity contribution in [2.75, 3.05) is 11.9 Å². The van der Waals surface area contributed by atoms with Crippen molar-refractivity contribution in [2.24, 2.45) is 0 Å². The number of amides is 1. The van der Waals surface area contributed by atoms with Crippen LogP contribution in [0.1, 0.15) is 24.8 Å². The number of allylic oxidation sites excluding steroid dienone is 1. The van der Waals surface area contributed by atoms with Crippen molar-refractivity contribution < 1.29 is 4.79 Å². The Morgan fingerprint density at radius 3 is 2.89 bits per heavy atom. The van der Waals surface area contributed by atoms with Gasteiger partial charge in [0.05, 0.1) is 6.54 Å². The average molecular weight is 244 g/mol. The molecule has 0 bridgehead atoms. The lowest BCUT2D eigenvalue weighted by Crippen LogP contribution is -2.36. The number of carbonyl (C=O) groups excluding carboxylic acids is 1. The molecule has 1 amide bonds. The first kappa shape index (κ1) is 12.8. The van der Waals surface area contributed by atoms with Crippen molar-refractivity contribution in [2.45, 2.75) is 32.2 Å². The van der Waals surface area contributed by atoms with Gasteiger partial charge in [0.25, 0.3) is 0 Å². The molecule has 1 unspecified atom stereocenters. The minimum atomic E-state index is 0.0267. The van der Waals surface area contributed by atoms with Crippen LogP contribution in [0.4, 0.5) is 5.69 Å². The topological polar surface area (TPSA) is 41.1 Å². The van der Waals surface area contributed by atoms with E-state index in [0.717, 1.165) is 30.5 Å². The number of carbonyl (C=O) groups is 1. The van der Waals surface area contributed by atoms with Gasteiger partial charge in [0.1, 0.15) is 0 Å². The molecule has 0 saturated carbocycles. The van der Waals surface area contributed by atoms with E-state index in [1.807, 2.05) is 31.2 Å². The molecule has 1 aliphatic rings. The van der Waals surface area contributed by atoms with Crippen LogP contribution in [0.3, 0.4) is 0 Å². The summed E-state index contributed by atoms with van der Waals surface area (Å²) < 4.78 is 0. The second-order valence-electron chi connectivity index (χ2n) is 4.73. The monoisotopic (exact) mass is 244 g/mol. The highest BCUT2D eigenvalue weighted by Crippen LogP contribution is 2.13. The normalized spacial score (nSPS) is 18.6. The van der Waals surface area contributed by atoms with E-state index in [9.17, 15) is 4.79 Å². The molecule has 3 heteroatoms.